The number of hydrogen-bond donors (Lipinski definition) is 1. The second-order valence-corrected chi connectivity index (χ2v) is 5.79. The maximum Gasteiger partial charge on any atom is 0.358 e. The summed E-state index contributed by atoms with van der Waals surface area (Å²) in [6.07, 6.45) is 1.11. The molecule has 1 rings (SSSR count). The lowest BCUT2D eigenvalue weighted by Crippen LogP contribution is -2.41. The van der Waals surface area contributed by atoms with Crippen molar-refractivity contribution in [2.75, 3.05) is 14.1 Å². The number of quaternary nitrogens is 1. The van der Waals surface area contributed by atoms with Crippen molar-refractivity contribution >= 4 is 21.6 Å². The van der Waals surface area contributed by atoms with Crippen molar-refractivity contribution in [2.45, 2.75) is 4.90 Å². The molecular weight excluding hydrogens is 228 g/mol. The molecule has 0 spiro atoms. The van der Waals surface area contributed by atoms with Crippen LogP contribution in [0.4, 0.5) is 0 Å². The number of nitrogens with zero attached hydrogens (tertiary/aromatic N) is 2. The van der Waals surface area contributed by atoms with Gasteiger partial charge in [-0.25, -0.2) is 10.2 Å². The van der Waals surface area contributed by atoms with E-state index in [1.807, 2.05) is 0 Å². The minimum atomic E-state index is -3.82. The van der Waals surface area contributed by atoms with Crippen molar-refractivity contribution < 1.29 is 17.7 Å². The van der Waals surface area contributed by atoms with E-state index >= 15 is 0 Å². The highest BCUT2D eigenvalue weighted by Gasteiger charge is 2.33. The van der Waals surface area contributed by atoms with Gasteiger partial charge in [0.15, 0.2) is 0 Å². The lowest BCUT2D eigenvalue weighted by atomic mass is 10.5. The van der Waals surface area contributed by atoms with Crippen LogP contribution in [0.2, 0.25) is 5.15 Å². The van der Waals surface area contributed by atoms with Crippen LogP contribution in [0.15, 0.2) is 23.2 Å². The molecule has 0 aliphatic heterocycles. The minimum Gasteiger partial charge on any atom is -0.243 e. The van der Waals surface area contributed by atoms with Gasteiger partial charge in [0.1, 0.15) is 24.1 Å². The summed E-state index contributed by atoms with van der Waals surface area (Å²) in [6.45, 7) is 0. The van der Waals surface area contributed by atoms with Gasteiger partial charge >= 0.3 is 10.0 Å². The molecule has 0 aromatic carbocycles. The third-order valence-electron chi connectivity index (χ3n) is 1.59. The van der Waals surface area contributed by atoms with Crippen LogP contribution < -0.4 is 0 Å². The second-order valence-electron chi connectivity index (χ2n) is 3.09. The molecule has 1 heterocycles. The van der Waals surface area contributed by atoms with E-state index in [0.717, 1.165) is 20.3 Å². The van der Waals surface area contributed by atoms with Crippen LogP contribution in [0.5, 0.6) is 0 Å². The Morgan fingerprint density at radius 1 is 1.43 bits per heavy atom. The summed E-state index contributed by atoms with van der Waals surface area (Å²) >= 11 is 5.50. The van der Waals surface area contributed by atoms with Gasteiger partial charge in [-0.15, -0.1) is 0 Å². The smallest absolute Gasteiger partial charge is 0.243 e. The van der Waals surface area contributed by atoms with E-state index < -0.39 is 14.1 Å². The standard InChI is InChI=1S/C7H10ClN2O3S/c1-10(2,11)14(12,13)6-3-4-7(8)9-5-6/h3-5,11H,1-2H3/q+1. The zero-order valence-electron chi connectivity index (χ0n) is 7.68. The van der Waals surface area contributed by atoms with Gasteiger partial charge < -0.3 is 0 Å². The van der Waals surface area contributed by atoms with Crippen molar-refractivity contribution in [1.82, 2.24) is 4.98 Å². The van der Waals surface area contributed by atoms with E-state index in [2.05, 4.69) is 4.98 Å². The molecule has 14 heavy (non-hydrogen) atoms. The largest absolute Gasteiger partial charge is 0.358 e. The van der Waals surface area contributed by atoms with Gasteiger partial charge in [0.2, 0.25) is 0 Å². The van der Waals surface area contributed by atoms with Crippen molar-refractivity contribution in [2.24, 2.45) is 0 Å². The Bertz CT molecular complexity index is 421. The Labute approximate surface area is 87.2 Å². The maximum atomic E-state index is 11.6. The van der Waals surface area contributed by atoms with Crippen molar-refractivity contribution in [3.63, 3.8) is 0 Å². The molecule has 0 fully saturated rings. The van der Waals surface area contributed by atoms with Gasteiger partial charge in [-0.05, 0) is 12.1 Å². The summed E-state index contributed by atoms with van der Waals surface area (Å²) in [5.41, 5.74) is 0. The van der Waals surface area contributed by atoms with Gasteiger partial charge in [-0.1, -0.05) is 15.7 Å². The van der Waals surface area contributed by atoms with Gasteiger partial charge in [-0.2, -0.15) is 8.42 Å². The summed E-state index contributed by atoms with van der Waals surface area (Å²) in [7, 11) is -1.54. The fourth-order valence-electron chi connectivity index (χ4n) is 0.773. The first-order chi connectivity index (χ1) is 6.25. The molecule has 1 aromatic heterocycles. The van der Waals surface area contributed by atoms with Crippen molar-refractivity contribution in [3.8, 4) is 0 Å². The first kappa shape index (κ1) is 11.4. The quantitative estimate of drug-likeness (QED) is 0.471. The molecule has 0 bridgehead atoms. The molecule has 0 unspecified atom stereocenters. The predicted molar refractivity (Wildman–Crippen MR) is 50.3 cm³/mol. The molecule has 7 heteroatoms. The fraction of sp³-hybridized carbons (Fsp3) is 0.286. The Balaban J connectivity index is 3.25. The number of rotatable bonds is 2. The monoisotopic (exact) mass is 237 g/mol. The fourth-order valence-corrected chi connectivity index (χ4v) is 1.83. The summed E-state index contributed by atoms with van der Waals surface area (Å²) < 4.78 is 22.0. The van der Waals surface area contributed by atoms with Crippen molar-refractivity contribution in [3.05, 3.63) is 23.5 Å². The Hall–Kier alpha value is -0.690. The third kappa shape index (κ3) is 2.03. The minimum absolute atomic E-state index is 0.0746. The Morgan fingerprint density at radius 2 is 2.00 bits per heavy atom. The number of sulfonamides is 1. The van der Waals surface area contributed by atoms with Crippen LogP contribution >= 0.6 is 11.6 Å². The number of halogens is 1. The van der Waals surface area contributed by atoms with Gasteiger partial charge in [0, 0.05) is 0 Å². The second kappa shape index (κ2) is 3.47. The Kier molecular flexibility index (Phi) is 2.82. The van der Waals surface area contributed by atoms with Crippen LogP contribution in [0.1, 0.15) is 0 Å². The number of hydroxylamine groups is 2. The molecule has 0 aliphatic rings. The van der Waals surface area contributed by atoms with E-state index in [9.17, 15) is 13.6 Å². The normalized spacial score (nSPS) is 12.9. The highest BCUT2D eigenvalue weighted by molar-refractivity contribution is 7.85. The average molecular weight is 238 g/mol. The maximum absolute atomic E-state index is 11.6. The molecule has 0 radical (unpaired) electrons. The molecule has 0 atom stereocenters. The number of pyridine rings is 1. The van der Waals surface area contributed by atoms with Crippen LogP contribution in [0.3, 0.4) is 0 Å². The average Bonchev–Trinajstić information content (AvgIpc) is 2.03. The van der Waals surface area contributed by atoms with E-state index in [1.165, 1.54) is 12.1 Å². The third-order valence-corrected chi connectivity index (χ3v) is 3.82. The lowest BCUT2D eigenvalue weighted by molar-refractivity contribution is -0.968. The summed E-state index contributed by atoms with van der Waals surface area (Å²) in [5.74, 6) is 0. The van der Waals surface area contributed by atoms with Gasteiger partial charge in [-0.3, -0.25) is 0 Å². The lowest BCUT2D eigenvalue weighted by Gasteiger charge is -2.18. The SMILES string of the molecule is C[N+](C)(O)S(=O)(=O)c1ccc(Cl)nc1. The van der Waals surface area contributed by atoms with E-state index in [-0.39, 0.29) is 10.0 Å². The highest BCUT2D eigenvalue weighted by Crippen LogP contribution is 2.17. The molecule has 0 saturated heterocycles. The molecule has 78 valence electrons. The molecule has 1 aromatic rings. The number of hydrogen-bond acceptors (Lipinski definition) is 4. The van der Waals surface area contributed by atoms with Crippen LogP contribution in [0.25, 0.3) is 0 Å². The molecule has 0 aliphatic carbocycles. The zero-order chi connectivity index (χ0) is 11.0. The molecule has 0 saturated carbocycles. The van der Waals surface area contributed by atoms with Crippen LogP contribution in [0, 0.1) is 0 Å². The summed E-state index contributed by atoms with van der Waals surface area (Å²) in [4.78, 5) is 3.55. The Morgan fingerprint density at radius 3 is 2.36 bits per heavy atom. The highest BCUT2D eigenvalue weighted by atomic mass is 35.5. The molecule has 0 amide bonds. The zero-order valence-corrected chi connectivity index (χ0v) is 9.25. The van der Waals surface area contributed by atoms with Gasteiger partial charge in [0.25, 0.3) is 0 Å². The first-order valence-electron chi connectivity index (χ1n) is 3.68. The van der Waals surface area contributed by atoms with E-state index in [4.69, 9.17) is 11.6 Å². The van der Waals surface area contributed by atoms with E-state index in [0.29, 0.717) is 0 Å². The predicted octanol–water partition coefficient (Wildman–Crippen LogP) is 0.889. The van der Waals surface area contributed by atoms with E-state index in [1.54, 1.807) is 0 Å². The van der Waals surface area contributed by atoms with Gasteiger partial charge in [0.05, 0.1) is 6.20 Å². The molecule has 5 nitrogen and oxygen atoms in total. The van der Waals surface area contributed by atoms with Crippen molar-refractivity contribution in [1.29, 1.82) is 0 Å². The number of aromatic nitrogens is 1. The summed E-state index contributed by atoms with van der Waals surface area (Å²) in [5, 5.41) is 9.56. The van der Waals surface area contributed by atoms with Crippen LogP contribution in [-0.4, -0.2) is 36.8 Å². The topological polar surface area (TPSA) is 67.3 Å². The summed E-state index contributed by atoms with van der Waals surface area (Å²) in [6, 6.07) is 2.64. The van der Waals surface area contributed by atoms with Crippen LogP contribution in [-0.2, 0) is 10.0 Å². The molecule has 1 N–H and O–H groups in total. The first-order valence-corrected chi connectivity index (χ1v) is 5.50. The molecular formula is C7H10ClN2O3S+.